The van der Waals surface area contributed by atoms with Crippen LogP contribution in [0.25, 0.3) is 5.65 Å². The van der Waals surface area contributed by atoms with Gasteiger partial charge in [-0.05, 0) is 55.3 Å². The molecule has 0 fully saturated rings. The molecule has 24 heavy (non-hydrogen) atoms. The maximum Gasteiger partial charge on any atom is 0.276 e. The predicted molar refractivity (Wildman–Crippen MR) is 94.8 cm³/mol. The summed E-state index contributed by atoms with van der Waals surface area (Å²) in [6, 6.07) is 10.5. The summed E-state index contributed by atoms with van der Waals surface area (Å²) in [4.78, 5) is 19.3. The molecule has 3 rings (SSSR count). The fraction of sp³-hybridized carbons (Fsp3) is 0.263. The zero-order valence-electron chi connectivity index (χ0n) is 14.2. The highest BCUT2D eigenvalue weighted by Gasteiger charge is 2.22. The number of amides is 1. The summed E-state index contributed by atoms with van der Waals surface area (Å²) in [7, 11) is 1.73. The van der Waals surface area contributed by atoms with Gasteiger partial charge in [0.15, 0.2) is 0 Å². The van der Waals surface area contributed by atoms with Crippen molar-refractivity contribution in [2.75, 3.05) is 11.9 Å². The molecule has 5 heteroatoms. The number of aromatic nitrogens is 2. The van der Waals surface area contributed by atoms with Crippen LogP contribution in [0.2, 0.25) is 0 Å². The quantitative estimate of drug-likeness (QED) is 0.798. The van der Waals surface area contributed by atoms with E-state index in [4.69, 9.17) is 0 Å². The fourth-order valence-corrected chi connectivity index (χ4v) is 2.79. The molecular weight excluding hydrogens is 302 g/mol. The first-order chi connectivity index (χ1) is 11.5. The van der Waals surface area contributed by atoms with Gasteiger partial charge >= 0.3 is 0 Å². The molecule has 0 radical (unpaired) electrons. The van der Waals surface area contributed by atoms with Crippen molar-refractivity contribution in [2.24, 2.45) is 0 Å². The van der Waals surface area contributed by atoms with Crippen molar-refractivity contribution in [1.82, 2.24) is 9.38 Å². The average molecular weight is 323 g/mol. The molecule has 2 heterocycles. The van der Waals surface area contributed by atoms with E-state index in [0.29, 0.717) is 5.69 Å². The van der Waals surface area contributed by atoms with E-state index in [1.807, 2.05) is 29.7 Å². The van der Waals surface area contributed by atoms with E-state index >= 15 is 0 Å². The smallest absolute Gasteiger partial charge is 0.276 e. The van der Waals surface area contributed by atoms with Gasteiger partial charge in [-0.25, -0.2) is 4.98 Å². The Morgan fingerprint density at radius 1 is 1.25 bits per heavy atom. The molecule has 3 aromatic rings. The van der Waals surface area contributed by atoms with Crippen molar-refractivity contribution in [2.45, 2.75) is 26.7 Å². The van der Waals surface area contributed by atoms with Gasteiger partial charge in [0, 0.05) is 18.9 Å². The predicted octanol–water partition coefficient (Wildman–Crippen LogP) is 3.58. The van der Waals surface area contributed by atoms with Gasteiger partial charge in [0.2, 0.25) is 0 Å². The Morgan fingerprint density at radius 2 is 1.96 bits per heavy atom. The van der Waals surface area contributed by atoms with E-state index in [9.17, 15) is 9.90 Å². The zero-order valence-corrected chi connectivity index (χ0v) is 14.2. The minimum Gasteiger partial charge on any atom is -0.508 e. The normalized spacial score (nSPS) is 11.0. The highest BCUT2D eigenvalue weighted by molar-refractivity contribution is 6.06. The number of imidazole rings is 1. The minimum absolute atomic E-state index is 0.111. The third-order valence-corrected chi connectivity index (χ3v) is 4.08. The number of carbonyl (C=O) groups excluding carboxylic acids is 1. The summed E-state index contributed by atoms with van der Waals surface area (Å²) in [6.07, 6.45) is 3.58. The van der Waals surface area contributed by atoms with Crippen LogP contribution in [0.5, 0.6) is 5.75 Å². The molecule has 0 aliphatic heterocycles. The number of hydrogen-bond donors (Lipinski definition) is 1. The van der Waals surface area contributed by atoms with Crippen LogP contribution in [0.1, 0.15) is 35.1 Å². The number of fused-ring (bicyclic) bond motifs is 1. The second-order valence-corrected chi connectivity index (χ2v) is 5.97. The molecule has 5 nitrogen and oxygen atoms in total. The third-order valence-electron chi connectivity index (χ3n) is 4.08. The van der Waals surface area contributed by atoms with Gasteiger partial charge in [0.05, 0.1) is 5.69 Å². The van der Waals surface area contributed by atoms with Gasteiger partial charge < -0.3 is 10.0 Å². The van der Waals surface area contributed by atoms with E-state index in [0.717, 1.165) is 35.4 Å². The lowest BCUT2D eigenvalue weighted by Crippen LogP contribution is -2.28. The Labute approximate surface area is 141 Å². The summed E-state index contributed by atoms with van der Waals surface area (Å²) in [5, 5.41) is 9.42. The molecule has 124 valence electrons. The lowest BCUT2D eigenvalue weighted by Gasteiger charge is -2.18. The molecule has 1 N–H and O–H groups in total. The molecular formula is C19H21N3O2. The molecule has 0 saturated carbocycles. The molecule has 0 aliphatic rings. The second kappa shape index (κ2) is 6.35. The summed E-state index contributed by atoms with van der Waals surface area (Å²) < 4.78 is 1.86. The highest BCUT2D eigenvalue weighted by Crippen LogP contribution is 2.22. The Hall–Kier alpha value is -2.82. The van der Waals surface area contributed by atoms with E-state index in [2.05, 4.69) is 11.9 Å². The molecule has 0 saturated heterocycles. The molecule has 0 unspecified atom stereocenters. The minimum atomic E-state index is -0.111. The van der Waals surface area contributed by atoms with Gasteiger partial charge in [-0.2, -0.15) is 0 Å². The van der Waals surface area contributed by atoms with Gasteiger partial charge in [0.1, 0.15) is 17.1 Å². The van der Waals surface area contributed by atoms with Gasteiger partial charge in [-0.15, -0.1) is 0 Å². The van der Waals surface area contributed by atoms with Crippen LogP contribution < -0.4 is 4.90 Å². The van der Waals surface area contributed by atoms with Crippen molar-refractivity contribution < 1.29 is 9.90 Å². The highest BCUT2D eigenvalue weighted by atomic mass is 16.3. The van der Waals surface area contributed by atoms with Gasteiger partial charge in [-0.1, -0.05) is 13.3 Å². The van der Waals surface area contributed by atoms with E-state index < -0.39 is 0 Å². The molecule has 1 amide bonds. The number of hydrogen-bond acceptors (Lipinski definition) is 3. The molecule has 0 aliphatic carbocycles. The van der Waals surface area contributed by atoms with Crippen LogP contribution in [-0.4, -0.2) is 27.4 Å². The Balaban J connectivity index is 2.07. The van der Waals surface area contributed by atoms with Crippen molar-refractivity contribution in [1.29, 1.82) is 0 Å². The van der Waals surface area contributed by atoms with Crippen molar-refractivity contribution >= 4 is 17.2 Å². The molecule has 1 aromatic carbocycles. The summed E-state index contributed by atoms with van der Waals surface area (Å²) in [6.45, 7) is 4.09. The Morgan fingerprint density at radius 3 is 2.62 bits per heavy atom. The first-order valence-electron chi connectivity index (χ1n) is 8.06. The van der Waals surface area contributed by atoms with Crippen LogP contribution in [0, 0.1) is 6.92 Å². The number of pyridine rings is 1. The maximum atomic E-state index is 13.1. The molecule has 0 atom stereocenters. The number of anilines is 1. The first kappa shape index (κ1) is 16.1. The van der Waals surface area contributed by atoms with E-state index in [1.165, 1.54) is 0 Å². The first-order valence-corrected chi connectivity index (χ1v) is 8.06. The number of aryl methyl sites for hydroxylation is 2. The Bertz CT molecular complexity index is 882. The van der Waals surface area contributed by atoms with Crippen molar-refractivity contribution in [3.63, 3.8) is 0 Å². The standard InChI is InChI=1S/C19H21N3O2/c1-4-5-16-18(22-11-10-13(2)12-17(22)20-16)19(24)21(3)14-6-8-15(23)9-7-14/h6-12,23H,4-5H2,1-3H3. The lowest BCUT2D eigenvalue weighted by atomic mass is 10.2. The average Bonchev–Trinajstić information content (AvgIpc) is 2.91. The summed E-state index contributed by atoms with van der Waals surface area (Å²) in [5.41, 5.74) is 4.05. The SMILES string of the molecule is CCCc1nc2cc(C)ccn2c1C(=O)N(C)c1ccc(O)cc1. The maximum absolute atomic E-state index is 13.1. The van der Waals surface area contributed by atoms with Crippen LogP contribution in [0.15, 0.2) is 42.6 Å². The lowest BCUT2D eigenvalue weighted by molar-refractivity contribution is 0.0986. The number of nitrogens with zero attached hydrogens (tertiary/aromatic N) is 3. The number of carbonyl (C=O) groups is 1. The Kier molecular flexibility index (Phi) is 4.25. The number of rotatable bonds is 4. The topological polar surface area (TPSA) is 57.8 Å². The largest absolute Gasteiger partial charge is 0.508 e. The number of phenolic OH excluding ortho intramolecular Hbond substituents is 1. The van der Waals surface area contributed by atoms with Crippen LogP contribution in [0.3, 0.4) is 0 Å². The summed E-state index contributed by atoms with van der Waals surface area (Å²) in [5.74, 6) is 0.0667. The monoisotopic (exact) mass is 323 g/mol. The molecule has 0 bridgehead atoms. The second-order valence-electron chi connectivity index (χ2n) is 5.97. The number of benzene rings is 1. The van der Waals surface area contributed by atoms with E-state index in [-0.39, 0.29) is 11.7 Å². The van der Waals surface area contributed by atoms with Crippen molar-refractivity contribution in [3.05, 3.63) is 59.5 Å². The van der Waals surface area contributed by atoms with Gasteiger partial charge in [-0.3, -0.25) is 9.20 Å². The third kappa shape index (κ3) is 2.85. The molecule has 2 aromatic heterocycles. The van der Waals surface area contributed by atoms with Gasteiger partial charge in [0.25, 0.3) is 5.91 Å². The van der Waals surface area contributed by atoms with Crippen molar-refractivity contribution in [3.8, 4) is 5.75 Å². The zero-order chi connectivity index (χ0) is 17.3. The summed E-state index contributed by atoms with van der Waals surface area (Å²) >= 11 is 0. The van der Waals surface area contributed by atoms with Crippen LogP contribution in [-0.2, 0) is 6.42 Å². The van der Waals surface area contributed by atoms with E-state index in [1.54, 1.807) is 36.2 Å². The van der Waals surface area contributed by atoms with Crippen LogP contribution >= 0.6 is 0 Å². The van der Waals surface area contributed by atoms with Crippen LogP contribution in [0.4, 0.5) is 5.69 Å². The number of phenols is 1. The fourth-order valence-electron chi connectivity index (χ4n) is 2.79. The molecule has 0 spiro atoms. The number of aromatic hydroxyl groups is 1.